The molecule has 0 aliphatic carbocycles. The van der Waals surface area contributed by atoms with E-state index in [0.29, 0.717) is 18.9 Å². The molecule has 0 fully saturated rings. The quantitative estimate of drug-likeness (QED) is 0.542. The lowest BCUT2D eigenvalue weighted by atomic mass is 10.0. The van der Waals surface area contributed by atoms with Crippen LogP contribution < -0.4 is 4.90 Å². The third-order valence-electron chi connectivity index (χ3n) is 4.96. The Hall–Kier alpha value is -3.03. The van der Waals surface area contributed by atoms with Crippen molar-refractivity contribution < 1.29 is 22.0 Å². The number of halogens is 5. The molecule has 29 heavy (non-hydrogen) atoms. The zero-order chi connectivity index (χ0) is 20.6. The van der Waals surface area contributed by atoms with E-state index in [4.69, 9.17) is 0 Å². The minimum Gasteiger partial charge on any atom is -0.321 e. The molecule has 8 heteroatoms. The van der Waals surface area contributed by atoms with Crippen molar-refractivity contribution in [3.8, 4) is 0 Å². The van der Waals surface area contributed by atoms with Gasteiger partial charge in [0.25, 0.3) is 0 Å². The van der Waals surface area contributed by atoms with Gasteiger partial charge in [-0.15, -0.1) is 10.2 Å². The summed E-state index contributed by atoms with van der Waals surface area (Å²) in [6.07, 6.45) is -4.36. The van der Waals surface area contributed by atoms with Gasteiger partial charge < -0.3 is 4.90 Å². The molecule has 1 atom stereocenters. The summed E-state index contributed by atoms with van der Waals surface area (Å²) < 4.78 is 64.8. The summed E-state index contributed by atoms with van der Waals surface area (Å²) >= 11 is 0. The molecule has 150 valence electrons. The Kier molecular flexibility index (Phi) is 4.72. The van der Waals surface area contributed by atoms with Gasteiger partial charge in [0, 0.05) is 11.7 Å². The van der Waals surface area contributed by atoms with Crippen molar-refractivity contribution in [3.63, 3.8) is 0 Å². The van der Waals surface area contributed by atoms with Gasteiger partial charge in [-0.05, 0) is 42.2 Å². The molecule has 2 aromatic carbocycles. The summed E-state index contributed by atoms with van der Waals surface area (Å²) in [5.74, 6) is -4.82. The first-order chi connectivity index (χ1) is 13.8. The second-order valence-electron chi connectivity index (χ2n) is 6.90. The maximum absolute atomic E-state index is 13.5. The zero-order valence-corrected chi connectivity index (χ0v) is 15.1. The average Bonchev–Trinajstić information content (AvgIpc) is 3.05. The van der Waals surface area contributed by atoms with Crippen molar-refractivity contribution >= 4 is 11.5 Å². The Morgan fingerprint density at radius 1 is 0.828 bits per heavy atom. The summed E-state index contributed by atoms with van der Waals surface area (Å²) in [5.41, 5.74) is 1.57. The monoisotopic (exact) mass is 405 g/mol. The summed E-state index contributed by atoms with van der Waals surface area (Å²) in [7, 11) is 0. The number of rotatable bonds is 4. The van der Waals surface area contributed by atoms with E-state index in [2.05, 4.69) is 10.2 Å². The number of alkyl halides is 5. The van der Waals surface area contributed by atoms with E-state index in [1.807, 2.05) is 59.5 Å². The van der Waals surface area contributed by atoms with Crippen LogP contribution in [0.1, 0.15) is 16.8 Å². The smallest absolute Gasteiger partial charge is 0.321 e. The highest BCUT2D eigenvalue weighted by Gasteiger charge is 2.60. The van der Waals surface area contributed by atoms with E-state index in [1.54, 1.807) is 0 Å². The van der Waals surface area contributed by atoms with Crippen LogP contribution >= 0.6 is 0 Å². The van der Waals surface area contributed by atoms with Gasteiger partial charge in [0.2, 0.25) is 0 Å². The predicted octanol–water partition coefficient (Wildman–Crippen LogP) is 5.44. The minimum absolute atomic E-state index is 0.0573. The molecule has 0 radical (unpaired) electrons. The first kappa shape index (κ1) is 19.3. The van der Waals surface area contributed by atoms with Gasteiger partial charge in [-0.25, -0.2) is 0 Å². The normalized spacial score (nSPS) is 16.7. The Morgan fingerprint density at radius 2 is 1.52 bits per heavy atom. The van der Waals surface area contributed by atoms with Crippen molar-refractivity contribution in [2.75, 3.05) is 4.90 Å². The molecule has 1 unspecified atom stereocenters. The molecule has 1 aliphatic rings. The fourth-order valence-electron chi connectivity index (χ4n) is 3.59. The van der Waals surface area contributed by atoms with Crippen LogP contribution in [0.5, 0.6) is 0 Å². The molecular weight excluding hydrogens is 389 g/mol. The van der Waals surface area contributed by atoms with E-state index in [0.717, 1.165) is 16.8 Å². The summed E-state index contributed by atoms with van der Waals surface area (Å²) in [4.78, 5) is 1.85. The lowest BCUT2D eigenvalue weighted by Gasteiger charge is -2.27. The van der Waals surface area contributed by atoms with Crippen LogP contribution in [0.25, 0.3) is 0 Å². The molecule has 3 aromatic rings. The van der Waals surface area contributed by atoms with Crippen LogP contribution in [0.2, 0.25) is 0 Å². The molecule has 2 heterocycles. The highest BCUT2D eigenvalue weighted by molar-refractivity contribution is 5.69. The van der Waals surface area contributed by atoms with Gasteiger partial charge >= 0.3 is 12.1 Å². The van der Waals surface area contributed by atoms with E-state index < -0.39 is 17.8 Å². The van der Waals surface area contributed by atoms with Crippen LogP contribution in [0.4, 0.5) is 33.5 Å². The molecule has 1 aromatic heterocycles. The Labute approximate surface area is 163 Å². The molecule has 1 aliphatic heterocycles. The van der Waals surface area contributed by atoms with Crippen molar-refractivity contribution in [1.82, 2.24) is 10.2 Å². The maximum atomic E-state index is 13.5. The molecule has 4 rings (SSSR count). The standard InChI is InChI=1S/C21H16F5N3/c22-20(23,21(24,25)26)18-10-11-19(28-27-18)29-16(12-14-6-2-1-3-7-14)13-15-8-4-5-9-17(15)29/h1-11,16H,12-13H2. The van der Waals surface area contributed by atoms with Gasteiger partial charge in [0.15, 0.2) is 5.82 Å². The van der Waals surface area contributed by atoms with Gasteiger partial charge in [0.05, 0.1) is 0 Å². The lowest BCUT2D eigenvalue weighted by molar-refractivity contribution is -0.291. The summed E-state index contributed by atoms with van der Waals surface area (Å²) in [6.45, 7) is 0. The Bertz CT molecular complexity index is 987. The molecule has 0 bridgehead atoms. The van der Waals surface area contributed by atoms with Gasteiger partial charge in [-0.3, -0.25) is 0 Å². The average molecular weight is 405 g/mol. The third kappa shape index (κ3) is 3.54. The number of hydrogen-bond acceptors (Lipinski definition) is 3. The van der Waals surface area contributed by atoms with Gasteiger partial charge in [-0.1, -0.05) is 48.5 Å². The first-order valence-electron chi connectivity index (χ1n) is 8.97. The van der Waals surface area contributed by atoms with E-state index in [1.165, 1.54) is 6.07 Å². The SMILES string of the molecule is FC(F)(F)C(F)(F)c1ccc(N2c3ccccc3CC2Cc2ccccc2)nn1. The number of aromatic nitrogens is 2. The minimum atomic E-state index is -5.72. The van der Waals surface area contributed by atoms with Crippen molar-refractivity contribution in [2.45, 2.75) is 31.0 Å². The number of anilines is 2. The topological polar surface area (TPSA) is 29.0 Å². The number of para-hydroxylation sites is 1. The first-order valence-corrected chi connectivity index (χ1v) is 8.97. The fourth-order valence-corrected chi connectivity index (χ4v) is 3.59. The molecule has 0 saturated heterocycles. The number of benzene rings is 2. The number of nitrogens with zero attached hydrogens (tertiary/aromatic N) is 3. The summed E-state index contributed by atoms with van der Waals surface area (Å²) in [5, 5.41) is 6.94. The zero-order valence-electron chi connectivity index (χ0n) is 15.1. The van der Waals surface area contributed by atoms with Gasteiger partial charge in [-0.2, -0.15) is 22.0 Å². The van der Waals surface area contributed by atoms with Crippen LogP contribution in [-0.4, -0.2) is 22.4 Å². The van der Waals surface area contributed by atoms with Crippen molar-refractivity contribution in [3.05, 3.63) is 83.6 Å². The number of hydrogen-bond donors (Lipinski definition) is 0. The third-order valence-corrected chi connectivity index (χ3v) is 4.96. The number of fused-ring (bicyclic) bond motifs is 1. The van der Waals surface area contributed by atoms with Crippen LogP contribution in [-0.2, 0) is 18.8 Å². The highest BCUT2D eigenvalue weighted by atomic mass is 19.4. The van der Waals surface area contributed by atoms with E-state index in [9.17, 15) is 22.0 Å². The molecule has 0 saturated carbocycles. The van der Waals surface area contributed by atoms with Crippen molar-refractivity contribution in [2.24, 2.45) is 0 Å². The van der Waals surface area contributed by atoms with Crippen LogP contribution in [0.3, 0.4) is 0 Å². The largest absolute Gasteiger partial charge is 0.459 e. The van der Waals surface area contributed by atoms with Crippen LogP contribution in [0.15, 0.2) is 66.7 Å². The fraction of sp³-hybridized carbons (Fsp3) is 0.238. The Balaban J connectivity index is 1.68. The van der Waals surface area contributed by atoms with Crippen LogP contribution in [0, 0.1) is 0 Å². The molecule has 0 amide bonds. The molecule has 3 nitrogen and oxygen atoms in total. The van der Waals surface area contributed by atoms with E-state index in [-0.39, 0.29) is 11.9 Å². The second-order valence-corrected chi connectivity index (χ2v) is 6.90. The molecular formula is C21H16F5N3. The lowest BCUT2D eigenvalue weighted by Crippen LogP contribution is -2.35. The van der Waals surface area contributed by atoms with E-state index >= 15 is 0 Å². The molecule has 0 N–H and O–H groups in total. The Morgan fingerprint density at radius 3 is 2.17 bits per heavy atom. The predicted molar refractivity (Wildman–Crippen MR) is 98.2 cm³/mol. The highest BCUT2D eigenvalue weighted by Crippen LogP contribution is 2.44. The maximum Gasteiger partial charge on any atom is 0.459 e. The summed E-state index contributed by atoms with van der Waals surface area (Å²) in [6, 6.07) is 19.1. The second kappa shape index (κ2) is 7.09. The van der Waals surface area contributed by atoms with Gasteiger partial charge in [0.1, 0.15) is 5.69 Å². The van der Waals surface area contributed by atoms with Crippen molar-refractivity contribution in [1.29, 1.82) is 0 Å². The molecule has 0 spiro atoms.